The molecule has 2 amide bonds. The number of rotatable bonds is 2. The number of hydrogen-bond acceptors (Lipinski definition) is 4. The smallest absolute Gasteiger partial charge is 0.239 e. The van der Waals surface area contributed by atoms with Gasteiger partial charge in [0, 0.05) is 19.0 Å². The van der Waals surface area contributed by atoms with Gasteiger partial charge in [0.05, 0.1) is 27.7 Å². The van der Waals surface area contributed by atoms with Crippen molar-refractivity contribution >= 4 is 33.4 Å². The fraction of sp³-hybridized carbons (Fsp3) is 0.389. The van der Waals surface area contributed by atoms with Crippen LogP contribution in [0.2, 0.25) is 0 Å². The highest BCUT2D eigenvalue weighted by molar-refractivity contribution is 7.18. The summed E-state index contributed by atoms with van der Waals surface area (Å²) in [5, 5.41) is 3.80. The molecule has 0 saturated carbocycles. The number of aromatic nitrogens is 1. The van der Waals surface area contributed by atoms with Gasteiger partial charge in [-0.1, -0.05) is 24.3 Å². The third-order valence-corrected chi connectivity index (χ3v) is 5.90. The molecule has 0 unspecified atom stereocenters. The van der Waals surface area contributed by atoms with Gasteiger partial charge in [0.1, 0.15) is 0 Å². The topological polar surface area (TPSA) is 62.3 Å². The van der Waals surface area contributed by atoms with Crippen molar-refractivity contribution in [2.75, 3.05) is 19.6 Å². The molecule has 1 aromatic heterocycles. The Morgan fingerprint density at radius 2 is 2.08 bits per heavy atom. The number of carbonyl (C=O) groups excluding carboxylic acids is 2. The normalized spacial score (nSPS) is 24.2. The van der Waals surface area contributed by atoms with Crippen molar-refractivity contribution in [3.8, 4) is 0 Å². The summed E-state index contributed by atoms with van der Waals surface area (Å²) in [5.74, 6) is -0.0118. The summed E-state index contributed by atoms with van der Waals surface area (Å²) in [5.41, 5.74) is 0.996. The number of nitrogens with one attached hydrogen (secondary N) is 1. The second kappa shape index (κ2) is 6.36. The highest BCUT2D eigenvalue weighted by atomic mass is 32.1. The Morgan fingerprint density at radius 1 is 1.25 bits per heavy atom. The van der Waals surface area contributed by atoms with Crippen molar-refractivity contribution in [1.82, 2.24) is 15.2 Å². The minimum atomic E-state index is -0.124. The van der Waals surface area contributed by atoms with Crippen LogP contribution in [0.15, 0.2) is 36.4 Å². The van der Waals surface area contributed by atoms with E-state index in [9.17, 15) is 9.59 Å². The zero-order valence-electron chi connectivity index (χ0n) is 13.3. The first-order valence-electron chi connectivity index (χ1n) is 8.28. The lowest BCUT2D eigenvalue weighted by molar-refractivity contribution is -0.142. The predicted molar refractivity (Wildman–Crippen MR) is 93.8 cm³/mol. The van der Waals surface area contributed by atoms with Crippen LogP contribution in [0.4, 0.5) is 0 Å². The van der Waals surface area contributed by atoms with Gasteiger partial charge in [0.25, 0.3) is 0 Å². The Bertz CT molecular complexity index is 780. The molecule has 1 aliphatic heterocycles. The minimum Gasteiger partial charge on any atom is -0.353 e. The van der Waals surface area contributed by atoms with Crippen LogP contribution in [-0.2, 0) is 9.59 Å². The van der Waals surface area contributed by atoms with Gasteiger partial charge in [-0.15, -0.1) is 11.3 Å². The lowest BCUT2D eigenvalue weighted by Crippen LogP contribution is -2.52. The number of benzene rings is 1. The summed E-state index contributed by atoms with van der Waals surface area (Å²) in [6.07, 6.45) is 5.77. The highest BCUT2D eigenvalue weighted by Gasteiger charge is 2.36. The first-order valence-corrected chi connectivity index (χ1v) is 9.10. The summed E-state index contributed by atoms with van der Waals surface area (Å²) in [6, 6.07) is 8.09. The van der Waals surface area contributed by atoms with E-state index in [1.165, 1.54) is 0 Å². The Kier molecular flexibility index (Phi) is 4.06. The number of allylic oxidation sites excluding steroid dienone is 2. The van der Waals surface area contributed by atoms with Crippen LogP contribution >= 0.6 is 11.3 Å². The van der Waals surface area contributed by atoms with Crippen LogP contribution in [0.3, 0.4) is 0 Å². The number of hydrogen-bond donors (Lipinski definition) is 1. The number of thiazole rings is 1. The molecule has 2 aromatic rings. The maximum Gasteiger partial charge on any atom is 0.239 e. The Morgan fingerprint density at radius 3 is 2.92 bits per heavy atom. The van der Waals surface area contributed by atoms with Crippen molar-refractivity contribution in [3.05, 3.63) is 41.4 Å². The van der Waals surface area contributed by atoms with Gasteiger partial charge in [-0.2, -0.15) is 0 Å². The Hall–Kier alpha value is -2.21. The van der Waals surface area contributed by atoms with Crippen LogP contribution in [0.25, 0.3) is 10.2 Å². The third-order valence-electron chi connectivity index (χ3n) is 4.73. The van der Waals surface area contributed by atoms with Crippen molar-refractivity contribution < 1.29 is 9.59 Å². The van der Waals surface area contributed by atoms with E-state index in [1.807, 2.05) is 18.2 Å². The molecule has 0 spiro atoms. The lowest BCUT2D eigenvalue weighted by Gasteiger charge is -2.33. The van der Waals surface area contributed by atoms with E-state index in [-0.39, 0.29) is 30.2 Å². The molecular weight excluding hydrogens is 322 g/mol. The second-order valence-electron chi connectivity index (χ2n) is 6.29. The van der Waals surface area contributed by atoms with Crippen LogP contribution in [0.5, 0.6) is 0 Å². The van der Waals surface area contributed by atoms with E-state index in [0.29, 0.717) is 13.1 Å². The first kappa shape index (κ1) is 15.3. The molecule has 1 saturated heterocycles. The number of nitrogens with zero attached hydrogens (tertiary/aromatic N) is 2. The average molecular weight is 341 g/mol. The monoisotopic (exact) mass is 341 g/mol. The average Bonchev–Trinajstić information content (AvgIpc) is 3.05. The lowest BCUT2D eigenvalue weighted by atomic mass is 9.82. The van der Waals surface area contributed by atoms with E-state index >= 15 is 0 Å². The number of carbonyl (C=O) groups is 2. The quantitative estimate of drug-likeness (QED) is 0.853. The van der Waals surface area contributed by atoms with E-state index in [1.54, 1.807) is 16.2 Å². The molecule has 1 aliphatic carbocycles. The zero-order valence-corrected chi connectivity index (χ0v) is 14.1. The van der Waals surface area contributed by atoms with Crippen LogP contribution < -0.4 is 5.32 Å². The molecule has 4 rings (SSSR count). The molecule has 1 N–H and O–H groups in total. The van der Waals surface area contributed by atoms with Crippen LogP contribution in [0, 0.1) is 5.92 Å². The van der Waals surface area contributed by atoms with Crippen molar-refractivity contribution in [1.29, 1.82) is 0 Å². The van der Waals surface area contributed by atoms with Crippen molar-refractivity contribution in [2.45, 2.75) is 18.8 Å². The number of piperazine rings is 1. The van der Waals surface area contributed by atoms with E-state index in [2.05, 4.69) is 23.5 Å². The third kappa shape index (κ3) is 2.82. The van der Waals surface area contributed by atoms with Crippen LogP contribution in [-0.4, -0.2) is 41.3 Å². The van der Waals surface area contributed by atoms with Gasteiger partial charge in [-0.05, 0) is 25.0 Å². The molecule has 0 bridgehead atoms. The molecular formula is C18H19N3O2S. The fourth-order valence-corrected chi connectivity index (χ4v) is 4.62. The maximum absolute atomic E-state index is 13.0. The van der Waals surface area contributed by atoms with E-state index in [0.717, 1.165) is 28.1 Å². The summed E-state index contributed by atoms with van der Waals surface area (Å²) >= 11 is 1.68. The van der Waals surface area contributed by atoms with E-state index in [4.69, 9.17) is 4.98 Å². The van der Waals surface area contributed by atoms with Gasteiger partial charge in [-0.3, -0.25) is 9.59 Å². The van der Waals surface area contributed by atoms with Gasteiger partial charge >= 0.3 is 0 Å². The number of para-hydroxylation sites is 1. The fourth-order valence-electron chi connectivity index (χ4n) is 3.47. The molecule has 6 heteroatoms. The molecule has 5 nitrogen and oxygen atoms in total. The van der Waals surface area contributed by atoms with Gasteiger partial charge in [0.2, 0.25) is 11.8 Å². The summed E-state index contributed by atoms with van der Waals surface area (Å²) in [7, 11) is 0. The van der Waals surface area contributed by atoms with Gasteiger partial charge < -0.3 is 10.2 Å². The van der Waals surface area contributed by atoms with Crippen molar-refractivity contribution in [2.24, 2.45) is 5.92 Å². The Balaban J connectivity index is 1.62. The zero-order chi connectivity index (χ0) is 16.5. The Labute approximate surface area is 144 Å². The van der Waals surface area contributed by atoms with Crippen molar-refractivity contribution in [3.63, 3.8) is 0 Å². The molecule has 124 valence electrons. The van der Waals surface area contributed by atoms with Crippen LogP contribution in [0.1, 0.15) is 23.8 Å². The largest absolute Gasteiger partial charge is 0.353 e. The summed E-state index contributed by atoms with van der Waals surface area (Å²) in [4.78, 5) is 31.0. The summed E-state index contributed by atoms with van der Waals surface area (Å²) in [6.45, 7) is 1.31. The molecule has 2 aliphatic rings. The van der Waals surface area contributed by atoms with Gasteiger partial charge in [0.15, 0.2) is 0 Å². The molecule has 1 fully saturated rings. The maximum atomic E-state index is 13.0. The molecule has 2 atom stereocenters. The summed E-state index contributed by atoms with van der Waals surface area (Å²) < 4.78 is 1.16. The molecule has 24 heavy (non-hydrogen) atoms. The number of amides is 2. The molecule has 1 aromatic carbocycles. The van der Waals surface area contributed by atoms with E-state index < -0.39 is 0 Å². The number of fused-ring (bicyclic) bond motifs is 1. The minimum absolute atomic E-state index is 0.0718. The molecule has 0 radical (unpaired) electrons. The highest BCUT2D eigenvalue weighted by Crippen LogP contribution is 2.39. The molecule has 2 heterocycles. The predicted octanol–water partition coefficient (Wildman–Crippen LogP) is 2.30. The standard InChI is InChI=1S/C18H19N3O2S/c22-16-11-21(10-9-19-16)18(23)13-6-2-1-5-12(13)17-20-14-7-3-4-8-15(14)24-17/h1-4,7-8,12-13H,5-6,9-11H2,(H,19,22)/t12-,13-/m1/s1. The SMILES string of the molecule is O=C1CN(C(=O)[C@@H]2CC=CC[C@H]2c2nc3ccccc3s2)CCN1. The van der Waals surface area contributed by atoms with Gasteiger partial charge in [-0.25, -0.2) is 4.98 Å². The first-order chi connectivity index (χ1) is 11.7. The second-order valence-corrected chi connectivity index (χ2v) is 7.35.